The first-order valence-electron chi connectivity index (χ1n) is 6.22. The minimum atomic E-state index is -1.02. The third-order valence-corrected chi connectivity index (χ3v) is 3.03. The highest BCUT2D eigenvalue weighted by molar-refractivity contribution is 6.43. The molecule has 23 heavy (non-hydrogen) atoms. The van der Waals surface area contributed by atoms with Crippen LogP contribution in [0.1, 0.15) is 0 Å². The monoisotopic (exact) mass is 335 g/mol. The molecule has 0 fully saturated rings. The number of nitrogens with zero attached hydrogens (tertiary/aromatic N) is 1. The van der Waals surface area contributed by atoms with Crippen LogP contribution in [0, 0.1) is 10.1 Å². The number of anilines is 2. The second-order valence-electron chi connectivity index (χ2n) is 4.38. The standard InChI is InChI=1S/C14H10ClN3O5/c15-11-5-4-9(7-12(11)18(22)23)17-14(21)13(20)16-8-2-1-3-10(19)6-8/h1-7,19H,(H,16,20)(H,17,21). The maximum absolute atomic E-state index is 11.8. The van der Waals surface area contributed by atoms with Gasteiger partial charge in [-0.15, -0.1) is 0 Å². The number of aromatic hydroxyl groups is 1. The molecule has 0 aliphatic heterocycles. The molecule has 2 amide bonds. The molecule has 2 aromatic rings. The van der Waals surface area contributed by atoms with Crippen LogP contribution in [0.4, 0.5) is 17.1 Å². The summed E-state index contributed by atoms with van der Waals surface area (Å²) in [6, 6.07) is 9.25. The van der Waals surface area contributed by atoms with E-state index < -0.39 is 22.4 Å². The molecule has 3 N–H and O–H groups in total. The van der Waals surface area contributed by atoms with Crippen LogP contribution in [-0.2, 0) is 9.59 Å². The molecule has 2 aromatic carbocycles. The van der Waals surface area contributed by atoms with Gasteiger partial charge in [-0.3, -0.25) is 19.7 Å². The zero-order valence-electron chi connectivity index (χ0n) is 11.4. The van der Waals surface area contributed by atoms with Crippen LogP contribution >= 0.6 is 11.6 Å². The number of phenols is 1. The predicted molar refractivity (Wildman–Crippen MR) is 83.5 cm³/mol. The lowest BCUT2D eigenvalue weighted by Gasteiger charge is -2.07. The highest BCUT2D eigenvalue weighted by Crippen LogP contribution is 2.27. The summed E-state index contributed by atoms with van der Waals surface area (Å²) < 4.78 is 0. The summed E-state index contributed by atoms with van der Waals surface area (Å²) in [5, 5.41) is 24.5. The Labute approximate surface area is 134 Å². The Kier molecular flexibility index (Phi) is 4.77. The number of hydrogen-bond acceptors (Lipinski definition) is 5. The molecule has 0 aromatic heterocycles. The summed E-state index contributed by atoms with van der Waals surface area (Å²) in [6.45, 7) is 0. The van der Waals surface area contributed by atoms with Crippen molar-refractivity contribution in [1.82, 2.24) is 0 Å². The van der Waals surface area contributed by atoms with Crippen LogP contribution < -0.4 is 10.6 Å². The number of rotatable bonds is 3. The van der Waals surface area contributed by atoms with Crippen molar-refractivity contribution < 1.29 is 19.6 Å². The van der Waals surface area contributed by atoms with Crippen LogP contribution in [0.3, 0.4) is 0 Å². The number of carbonyl (C=O) groups excluding carboxylic acids is 2. The zero-order chi connectivity index (χ0) is 17.0. The lowest BCUT2D eigenvalue weighted by molar-refractivity contribution is -0.384. The Morgan fingerprint density at radius 3 is 2.22 bits per heavy atom. The van der Waals surface area contributed by atoms with Crippen LogP contribution in [0.2, 0.25) is 5.02 Å². The third-order valence-electron chi connectivity index (χ3n) is 2.71. The second kappa shape index (κ2) is 6.75. The number of halogens is 1. The molecule has 0 aliphatic rings. The maximum Gasteiger partial charge on any atom is 0.314 e. The highest BCUT2D eigenvalue weighted by Gasteiger charge is 2.17. The van der Waals surface area contributed by atoms with E-state index in [1.165, 1.54) is 36.4 Å². The number of hydrogen-bond donors (Lipinski definition) is 3. The first-order chi connectivity index (χ1) is 10.9. The fourth-order valence-corrected chi connectivity index (χ4v) is 1.88. The molecule has 0 radical (unpaired) electrons. The molecule has 118 valence electrons. The molecule has 0 bridgehead atoms. The van der Waals surface area contributed by atoms with E-state index in [4.69, 9.17) is 11.6 Å². The molecule has 0 spiro atoms. The maximum atomic E-state index is 11.8. The smallest absolute Gasteiger partial charge is 0.314 e. The van der Waals surface area contributed by atoms with Crippen LogP contribution in [0.5, 0.6) is 5.75 Å². The fraction of sp³-hybridized carbons (Fsp3) is 0. The minimum Gasteiger partial charge on any atom is -0.508 e. The third kappa shape index (κ3) is 4.17. The lowest BCUT2D eigenvalue weighted by Crippen LogP contribution is -2.29. The van der Waals surface area contributed by atoms with Gasteiger partial charge >= 0.3 is 11.8 Å². The topological polar surface area (TPSA) is 122 Å². The molecular weight excluding hydrogens is 326 g/mol. The van der Waals surface area contributed by atoms with Crippen LogP contribution in [0.15, 0.2) is 42.5 Å². The Balaban J connectivity index is 2.08. The zero-order valence-corrected chi connectivity index (χ0v) is 12.2. The van der Waals surface area contributed by atoms with Crippen molar-refractivity contribution in [2.24, 2.45) is 0 Å². The molecule has 0 saturated carbocycles. The Morgan fingerprint density at radius 1 is 1.04 bits per heavy atom. The summed E-state index contributed by atoms with van der Waals surface area (Å²) in [5.41, 5.74) is -0.109. The van der Waals surface area contributed by atoms with Crippen molar-refractivity contribution in [1.29, 1.82) is 0 Å². The van der Waals surface area contributed by atoms with E-state index in [2.05, 4.69) is 10.6 Å². The van der Waals surface area contributed by atoms with E-state index in [-0.39, 0.29) is 22.1 Å². The first-order valence-corrected chi connectivity index (χ1v) is 6.60. The molecular formula is C14H10ClN3O5. The van der Waals surface area contributed by atoms with Gasteiger partial charge in [-0.2, -0.15) is 0 Å². The van der Waals surface area contributed by atoms with E-state index in [0.29, 0.717) is 0 Å². The number of nitrogens with one attached hydrogen (secondary N) is 2. The number of nitro benzene ring substituents is 1. The van der Waals surface area contributed by atoms with Crippen molar-refractivity contribution >= 4 is 40.5 Å². The number of amides is 2. The Hall–Kier alpha value is -3.13. The van der Waals surface area contributed by atoms with Gasteiger partial charge in [0.05, 0.1) is 4.92 Å². The SMILES string of the molecule is O=C(Nc1cccc(O)c1)C(=O)Nc1ccc(Cl)c([N+](=O)[O-])c1. The molecule has 0 unspecified atom stereocenters. The molecule has 0 aliphatic carbocycles. The van der Waals surface area contributed by atoms with Gasteiger partial charge in [0.15, 0.2) is 0 Å². The molecule has 0 saturated heterocycles. The van der Waals surface area contributed by atoms with Gasteiger partial charge in [0, 0.05) is 23.5 Å². The number of nitro groups is 1. The summed E-state index contributed by atoms with van der Waals surface area (Å²) in [4.78, 5) is 33.6. The lowest BCUT2D eigenvalue weighted by atomic mass is 10.2. The fourth-order valence-electron chi connectivity index (χ4n) is 1.69. The number of benzene rings is 2. The minimum absolute atomic E-state index is 0.0529. The molecule has 0 heterocycles. The summed E-state index contributed by atoms with van der Waals surface area (Å²) in [7, 11) is 0. The molecule has 0 atom stereocenters. The number of phenolic OH excluding ortho intramolecular Hbond substituents is 1. The average Bonchev–Trinajstić information content (AvgIpc) is 2.48. The largest absolute Gasteiger partial charge is 0.508 e. The van der Waals surface area contributed by atoms with Gasteiger partial charge < -0.3 is 15.7 Å². The van der Waals surface area contributed by atoms with Crippen molar-refractivity contribution in [2.45, 2.75) is 0 Å². The average molecular weight is 336 g/mol. The Bertz CT molecular complexity index is 794. The molecule has 2 rings (SSSR count). The van der Waals surface area contributed by atoms with E-state index >= 15 is 0 Å². The molecule has 8 nitrogen and oxygen atoms in total. The van der Waals surface area contributed by atoms with Crippen molar-refractivity contribution in [2.75, 3.05) is 10.6 Å². The van der Waals surface area contributed by atoms with Gasteiger partial charge in [-0.05, 0) is 24.3 Å². The van der Waals surface area contributed by atoms with Gasteiger partial charge in [0.2, 0.25) is 0 Å². The van der Waals surface area contributed by atoms with Gasteiger partial charge in [-0.25, -0.2) is 0 Å². The summed E-state index contributed by atoms with van der Waals surface area (Å²) in [5.74, 6) is -2.09. The second-order valence-corrected chi connectivity index (χ2v) is 4.79. The van der Waals surface area contributed by atoms with E-state index in [1.54, 1.807) is 0 Å². The van der Waals surface area contributed by atoms with E-state index in [9.17, 15) is 24.8 Å². The Morgan fingerprint density at radius 2 is 1.65 bits per heavy atom. The quantitative estimate of drug-likeness (QED) is 0.452. The normalized spacial score (nSPS) is 9.96. The van der Waals surface area contributed by atoms with Crippen molar-refractivity contribution in [3.8, 4) is 5.75 Å². The van der Waals surface area contributed by atoms with Gasteiger partial charge in [0.25, 0.3) is 5.69 Å². The first kappa shape index (κ1) is 16.2. The van der Waals surface area contributed by atoms with E-state index in [1.807, 2.05) is 0 Å². The van der Waals surface area contributed by atoms with Gasteiger partial charge in [0.1, 0.15) is 10.8 Å². The van der Waals surface area contributed by atoms with Crippen LogP contribution in [-0.4, -0.2) is 21.8 Å². The van der Waals surface area contributed by atoms with Crippen molar-refractivity contribution in [3.05, 3.63) is 57.6 Å². The summed E-state index contributed by atoms with van der Waals surface area (Å²) in [6.07, 6.45) is 0. The summed E-state index contributed by atoms with van der Waals surface area (Å²) >= 11 is 5.66. The van der Waals surface area contributed by atoms with Crippen molar-refractivity contribution in [3.63, 3.8) is 0 Å². The number of carbonyl (C=O) groups is 2. The van der Waals surface area contributed by atoms with Crippen LogP contribution in [0.25, 0.3) is 0 Å². The van der Waals surface area contributed by atoms with E-state index in [0.717, 1.165) is 6.07 Å². The molecule has 9 heteroatoms. The van der Waals surface area contributed by atoms with Gasteiger partial charge in [-0.1, -0.05) is 17.7 Å². The predicted octanol–water partition coefficient (Wildman–Crippen LogP) is 2.53. The highest BCUT2D eigenvalue weighted by atomic mass is 35.5.